The van der Waals surface area contributed by atoms with Crippen molar-refractivity contribution in [3.8, 4) is 17.1 Å². The number of aromatic nitrogens is 2. The summed E-state index contributed by atoms with van der Waals surface area (Å²) in [4.78, 5) is 17.2. The lowest BCUT2D eigenvalue weighted by molar-refractivity contribution is 0.101. The fraction of sp³-hybridized carbons (Fsp3) is 0.208. The molecule has 1 N–H and O–H groups in total. The topological polar surface area (TPSA) is 77.2 Å². The number of carbonyl (C=O) groups is 1. The number of rotatable bonds is 6. The lowest BCUT2D eigenvalue weighted by Gasteiger charge is -2.11. The third-order valence-electron chi connectivity index (χ3n) is 4.98. The van der Waals surface area contributed by atoms with Crippen LogP contribution in [-0.4, -0.2) is 22.7 Å². The maximum Gasteiger partial charge on any atom is 0.277 e. The van der Waals surface area contributed by atoms with Crippen molar-refractivity contribution in [3.05, 3.63) is 71.5 Å². The van der Waals surface area contributed by atoms with Crippen LogP contribution in [0.2, 0.25) is 0 Å². The van der Waals surface area contributed by atoms with Gasteiger partial charge in [-0.2, -0.15) is 0 Å². The number of amides is 1. The Morgan fingerprint density at radius 3 is 2.77 bits per heavy atom. The first-order chi connectivity index (χ1) is 14.6. The van der Waals surface area contributed by atoms with Crippen molar-refractivity contribution >= 4 is 22.5 Å². The van der Waals surface area contributed by atoms with Crippen molar-refractivity contribution in [1.82, 2.24) is 10.1 Å². The Morgan fingerprint density at radius 1 is 1.10 bits per heavy atom. The molecule has 6 heteroatoms. The van der Waals surface area contributed by atoms with Crippen LogP contribution < -0.4 is 10.1 Å². The Balaban J connectivity index is 1.59. The van der Waals surface area contributed by atoms with Crippen LogP contribution >= 0.6 is 0 Å². The molecule has 152 valence electrons. The molecular formula is C24H23N3O3. The van der Waals surface area contributed by atoms with Gasteiger partial charge in [-0.05, 0) is 61.7 Å². The standard InChI is InChI=1S/C24H23N3O3/c1-4-12-29-21-10-9-19(18-6-5-11-25-23(18)21)26-24(28)20-14-22(30-27-20)17-8-7-15(2)16(3)13-17/h5-11,13-14H,4,12H2,1-3H3,(H,26,28). The molecule has 0 bridgehead atoms. The van der Waals surface area contributed by atoms with Gasteiger partial charge < -0.3 is 14.6 Å². The van der Waals surface area contributed by atoms with Gasteiger partial charge in [0.1, 0.15) is 11.3 Å². The largest absolute Gasteiger partial charge is 0.491 e. The van der Waals surface area contributed by atoms with Crippen LogP contribution in [0.4, 0.5) is 5.69 Å². The number of hydrogen-bond acceptors (Lipinski definition) is 5. The molecule has 0 aliphatic heterocycles. The summed E-state index contributed by atoms with van der Waals surface area (Å²) in [7, 11) is 0. The molecule has 6 nitrogen and oxygen atoms in total. The SMILES string of the molecule is CCCOc1ccc(NC(=O)c2cc(-c3ccc(C)c(C)c3)on2)c2cccnc12. The van der Waals surface area contributed by atoms with Gasteiger partial charge in [-0.1, -0.05) is 24.2 Å². The number of fused-ring (bicyclic) bond motifs is 1. The smallest absolute Gasteiger partial charge is 0.277 e. The van der Waals surface area contributed by atoms with Crippen molar-refractivity contribution in [3.63, 3.8) is 0 Å². The van der Waals surface area contributed by atoms with E-state index in [1.807, 2.05) is 56.3 Å². The molecule has 30 heavy (non-hydrogen) atoms. The lowest BCUT2D eigenvalue weighted by Crippen LogP contribution is -2.12. The van der Waals surface area contributed by atoms with E-state index in [-0.39, 0.29) is 11.6 Å². The van der Waals surface area contributed by atoms with Crippen molar-refractivity contribution in [2.24, 2.45) is 0 Å². The van der Waals surface area contributed by atoms with Gasteiger partial charge in [0, 0.05) is 23.2 Å². The zero-order valence-electron chi connectivity index (χ0n) is 17.2. The van der Waals surface area contributed by atoms with E-state index in [0.29, 0.717) is 29.3 Å². The van der Waals surface area contributed by atoms with Crippen LogP contribution in [0.15, 0.2) is 59.3 Å². The lowest BCUT2D eigenvalue weighted by atomic mass is 10.0. The number of nitrogens with zero attached hydrogens (tertiary/aromatic N) is 2. The van der Waals surface area contributed by atoms with E-state index < -0.39 is 0 Å². The molecule has 0 aliphatic rings. The predicted molar refractivity (Wildman–Crippen MR) is 117 cm³/mol. The van der Waals surface area contributed by atoms with Gasteiger partial charge in [-0.3, -0.25) is 9.78 Å². The Hall–Kier alpha value is -3.67. The van der Waals surface area contributed by atoms with Crippen LogP contribution in [0.5, 0.6) is 5.75 Å². The average Bonchev–Trinajstić information content (AvgIpc) is 3.25. The van der Waals surface area contributed by atoms with Crippen molar-refractivity contribution in [2.45, 2.75) is 27.2 Å². The average molecular weight is 401 g/mol. The summed E-state index contributed by atoms with van der Waals surface area (Å²) in [6.45, 7) is 6.75. The minimum absolute atomic E-state index is 0.214. The molecular weight excluding hydrogens is 378 g/mol. The van der Waals surface area contributed by atoms with Crippen LogP contribution in [0, 0.1) is 13.8 Å². The monoisotopic (exact) mass is 401 g/mol. The van der Waals surface area contributed by atoms with Gasteiger partial charge in [0.15, 0.2) is 11.5 Å². The molecule has 0 aliphatic carbocycles. The van der Waals surface area contributed by atoms with Crippen LogP contribution in [0.3, 0.4) is 0 Å². The molecule has 0 saturated heterocycles. The summed E-state index contributed by atoms with van der Waals surface area (Å²) in [5.41, 5.74) is 4.80. The first-order valence-electron chi connectivity index (χ1n) is 9.93. The second-order valence-electron chi connectivity index (χ2n) is 7.19. The number of nitrogens with one attached hydrogen (secondary N) is 1. The van der Waals surface area contributed by atoms with E-state index >= 15 is 0 Å². The third-order valence-corrected chi connectivity index (χ3v) is 4.98. The van der Waals surface area contributed by atoms with Crippen molar-refractivity contribution in [1.29, 1.82) is 0 Å². The molecule has 4 rings (SSSR count). The summed E-state index contributed by atoms with van der Waals surface area (Å²) in [5, 5.41) is 7.67. The molecule has 0 saturated carbocycles. The van der Waals surface area contributed by atoms with Gasteiger partial charge >= 0.3 is 0 Å². The van der Waals surface area contributed by atoms with E-state index in [2.05, 4.69) is 22.4 Å². The normalized spacial score (nSPS) is 10.9. The second kappa shape index (κ2) is 8.37. The van der Waals surface area contributed by atoms with Gasteiger partial charge in [0.05, 0.1) is 12.3 Å². The Morgan fingerprint density at radius 2 is 1.97 bits per heavy atom. The number of hydrogen-bond donors (Lipinski definition) is 1. The predicted octanol–water partition coefficient (Wildman–Crippen LogP) is 5.55. The second-order valence-corrected chi connectivity index (χ2v) is 7.19. The van der Waals surface area contributed by atoms with E-state index in [1.54, 1.807) is 12.3 Å². The number of benzene rings is 2. The van der Waals surface area contributed by atoms with Crippen LogP contribution in [0.1, 0.15) is 35.0 Å². The maximum atomic E-state index is 12.8. The highest BCUT2D eigenvalue weighted by Crippen LogP contribution is 2.30. The van der Waals surface area contributed by atoms with Gasteiger partial charge in [-0.15, -0.1) is 0 Å². The van der Waals surface area contributed by atoms with E-state index in [9.17, 15) is 4.79 Å². The minimum Gasteiger partial charge on any atom is -0.491 e. The zero-order chi connectivity index (χ0) is 21.1. The van der Waals surface area contributed by atoms with E-state index in [1.165, 1.54) is 5.56 Å². The molecule has 1 amide bonds. The summed E-state index contributed by atoms with van der Waals surface area (Å²) in [6, 6.07) is 15.0. The van der Waals surface area contributed by atoms with Crippen LogP contribution in [-0.2, 0) is 0 Å². The Bertz CT molecular complexity index is 1210. The quantitative estimate of drug-likeness (QED) is 0.458. The third kappa shape index (κ3) is 3.89. The summed E-state index contributed by atoms with van der Waals surface area (Å²) in [5.74, 6) is 0.906. The number of aryl methyl sites for hydroxylation is 2. The zero-order valence-corrected chi connectivity index (χ0v) is 17.2. The molecule has 4 aromatic rings. The van der Waals surface area contributed by atoms with Crippen molar-refractivity contribution in [2.75, 3.05) is 11.9 Å². The number of ether oxygens (including phenoxy) is 1. The maximum absolute atomic E-state index is 12.8. The first kappa shape index (κ1) is 19.6. The number of carbonyl (C=O) groups excluding carboxylic acids is 1. The van der Waals surface area contributed by atoms with Gasteiger partial charge in [-0.25, -0.2) is 0 Å². The number of anilines is 1. The molecule has 2 heterocycles. The van der Waals surface area contributed by atoms with E-state index in [0.717, 1.165) is 22.9 Å². The fourth-order valence-electron chi connectivity index (χ4n) is 3.18. The first-order valence-corrected chi connectivity index (χ1v) is 9.93. The Labute approximate surface area is 174 Å². The summed E-state index contributed by atoms with van der Waals surface area (Å²) in [6.07, 6.45) is 2.61. The minimum atomic E-state index is -0.346. The van der Waals surface area contributed by atoms with Gasteiger partial charge in [0.2, 0.25) is 0 Å². The molecule has 2 aromatic carbocycles. The van der Waals surface area contributed by atoms with E-state index in [4.69, 9.17) is 9.26 Å². The molecule has 0 unspecified atom stereocenters. The molecule has 0 atom stereocenters. The molecule has 2 aromatic heterocycles. The Kier molecular flexibility index (Phi) is 5.48. The summed E-state index contributed by atoms with van der Waals surface area (Å²) < 4.78 is 11.2. The number of pyridine rings is 1. The highest BCUT2D eigenvalue weighted by Gasteiger charge is 2.16. The fourth-order valence-corrected chi connectivity index (χ4v) is 3.18. The highest BCUT2D eigenvalue weighted by molar-refractivity contribution is 6.08. The highest BCUT2D eigenvalue weighted by atomic mass is 16.5. The van der Waals surface area contributed by atoms with Crippen LogP contribution in [0.25, 0.3) is 22.2 Å². The van der Waals surface area contributed by atoms with Gasteiger partial charge in [0.25, 0.3) is 5.91 Å². The molecule has 0 radical (unpaired) electrons. The summed E-state index contributed by atoms with van der Waals surface area (Å²) >= 11 is 0. The van der Waals surface area contributed by atoms with Crippen molar-refractivity contribution < 1.29 is 14.1 Å². The molecule has 0 fully saturated rings. The molecule has 0 spiro atoms.